The third-order valence-electron chi connectivity index (χ3n) is 5.13. The Morgan fingerprint density at radius 3 is 2.54 bits per heavy atom. The summed E-state index contributed by atoms with van der Waals surface area (Å²) in [6.45, 7) is 7.45. The highest BCUT2D eigenvalue weighted by Gasteiger charge is 2.30. The monoisotopic (exact) mass is 381 g/mol. The number of carboxylic acid groups (broad SMARTS) is 1. The van der Waals surface area contributed by atoms with Gasteiger partial charge in [-0.15, -0.1) is 0 Å². The normalized spacial score (nSPS) is 15.5. The molecule has 2 heterocycles. The Hall–Kier alpha value is -2.76. The van der Waals surface area contributed by atoms with Crippen molar-refractivity contribution in [1.82, 2.24) is 14.9 Å². The second-order valence-corrected chi connectivity index (χ2v) is 8.47. The molecule has 3 rings (SSSR count). The molecule has 0 radical (unpaired) electrons. The zero-order chi connectivity index (χ0) is 20.3. The minimum atomic E-state index is -0.956. The van der Waals surface area contributed by atoms with Crippen molar-refractivity contribution in [1.29, 1.82) is 0 Å². The summed E-state index contributed by atoms with van der Waals surface area (Å²) in [5.74, 6) is -0.271. The van der Waals surface area contributed by atoms with Gasteiger partial charge in [0.1, 0.15) is 0 Å². The van der Waals surface area contributed by atoms with E-state index in [0.29, 0.717) is 11.6 Å². The van der Waals surface area contributed by atoms with Crippen molar-refractivity contribution in [2.75, 3.05) is 13.1 Å². The molecule has 1 amide bonds. The Morgan fingerprint density at radius 1 is 1.18 bits per heavy atom. The van der Waals surface area contributed by atoms with Crippen LogP contribution in [0.3, 0.4) is 0 Å². The van der Waals surface area contributed by atoms with Gasteiger partial charge in [-0.25, -0.2) is 9.78 Å². The number of benzene rings is 1. The number of carboxylic acids is 1. The van der Waals surface area contributed by atoms with E-state index < -0.39 is 5.97 Å². The highest BCUT2D eigenvalue weighted by molar-refractivity contribution is 5.89. The molecule has 2 aromatic rings. The highest BCUT2D eigenvalue weighted by Crippen LogP contribution is 2.26. The van der Waals surface area contributed by atoms with E-state index in [4.69, 9.17) is 4.98 Å². The lowest BCUT2D eigenvalue weighted by atomic mass is 9.89. The number of aromatic carboxylic acids is 1. The lowest BCUT2D eigenvalue weighted by Crippen LogP contribution is -2.44. The minimum Gasteiger partial charge on any atom is -0.478 e. The molecule has 148 valence electrons. The maximum atomic E-state index is 12.4. The van der Waals surface area contributed by atoms with Crippen LogP contribution in [0.5, 0.6) is 0 Å². The maximum absolute atomic E-state index is 12.4. The molecule has 28 heavy (non-hydrogen) atoms. The van der Waals surface area contributed by atoms with Gasteiger partial charge in [-0.05, 0) is 37.3 Å². The Morgan fingerprint density at radius 2 is 1.89 bits per heavy atom. The number of piperidine rings is 1. The van der Waals surface area contributed by atoms with Gasteiger partial charge >= 0.3 is 5.97 Å². The number of hydrogen-bond acceptors (Lipinski definition) is 4. The average Bonchev–Trinajstić information content (AvgIpc) is 2.67. The zero-order valence-corrected chi connectivity index (χ0v) is 16.7. The number of likely N-dealkylation sites (tertiary alicyclic amines) is 1. The number of nitrogens with zero attached hydrogens (tertiary/aromatic N) is 3. The number of hydrogen-bond donors (Lipinski definition) is 1. The van der Waals surface area contributed by atoms with Gasteiger partial charge in [0.25, 0.3) is 0 Å². The van der Waals surface area contributed by atoms with E-state index in [9.17, 15) is 14.7 Å². The third kappa shape index (κ3) is 4.74. The summed E-state index contributed by atoms with van der Waals surface area (Å²) >= 11 is 0. The second-order valence-electron chi connectivity index (χ2n) is 8.47. The molecule has 1 aliphatic rings. The van der Waals surface area contributed by atoms with Gasteiger partial charge in [-0.1, -0.05) is 32.9 Å². The number of aromatic nitrogens is 2. The fraction of sp³-hybridized carbons (Fsp3) is 0.455. The molecule has 1 N–H and O–H groups in total. The summed E-state index contributed by atoms with van der Waals surface area (Å²) in [5.41, 5.74) is 2.23. The van der Waals surface area contributed by atoms with Gasteiger partial charge in [0.05, 0.1) is 23.1 Å². The molecular formula is C22H27N3O3. The van der Waals surface area contributed by atoms with Gasteiger partial charge in [0, 0.05) is 30.3 Å². The fourth-order valence-electron chi connectivity index (χ4n) is 3.57. The van der Waals surface area contributed by atoms with E-state index in [1.807, 2.05) is 31.7 Å². The summed E-state index contributed by atoms with van der Waals surface area (Å²) < 4.78 is 0. The van der Waals surface area contributed by atoms with E-state index in [-0.39, 0.29) is 16.9 Å². The van der Waals surface area contributed by atoms with Crippen LogP contribution in [-0.4, -0.2) is 44.9 Å². The van der Waals surface area contributed by atoms with Crippen molar-refractivity contribution in [3.8, 4) is 11.3 Å². The molecule has 1 saturated heterocycles. The summed E-state index contributed by atoms with van der Waals surface area (Å²) in [4.78, 5) is 34.6. The van der Waals surface area contributed by atoms with Crippen LogP contribution in [-0.2, 0) is 11.2 Å². The summed E-state index contributed by atoms with van der Waals surface area (Å²) in [5, 5.41) is 9.17. The zero-order valence-electron chi connectivity index (χ0n) is 16.7. The van der Waals surface area contributed by atoms with E-state index in [0.717, 1.165) is 43.6 Å². The summed E-state index contributed by atoms with van der Waals surface area (Å²) in [6, 6.07) is 6.74. The first-order valence-electron chi connectivity index (χ1n) is 9.68. The van der Waals surface area contributed by atoms with Crippen LogP contribution in [0.4, 0.5) is 0 Å². The predicted molar refractivity (Wildman–Crippen MR) is 107 cm³/mol. The van der Waals surface area contributed by atoms with Gasteiger partial charge in [0.2, 0.25) is 5.91 Å². The molecular weight excluding hydrogens is 354 g/mol. The number of rotatable bonds is 4. The number of carbonyl (C=O) groups is 2. The fourth-order valence-corrected chi connectivity index (χ4v) is 3.57. The number of amides is 1. The first-order valence-corrected chi connectivity index (χ1v) is 9.68. The van der Waals surface area contributed by atoms with Crippen LogP contribution in [0, 0.1) is 11.3 Å². The topological polar surface area (TPSA) is 83.4 Å². The Kier molecular flexibility index (Phi) is 5.77. The van der Waals surface area contributed by atoms with Crippen molar-refractivity contribution in [2.24, 2.45) is 11.3 Å². The predicted octanol–water partition coefficient (Wildman–Crippen LogP) is 3.67. The molecule has 1 aromatic carbocycles. The molecule has 6 nitrogen and oxygen atoms in total. The molecule has 1 aliphatic heterocycles. The minimum absolute atomic E-state index is 0.214. The van der Waals surface area contributed by atoms with Gasteiger partial charge in [-0.2, -0.15) is 0 Å². The van der Waals surface area contributed by atoms with Crippen LogP contribution >= 0.6 is 0 Å². The Bertz CT molecular complexity index is 865. The third-order valence-corrected chi connectivity index (χ3v) is 5.13. The van der Waals surface area contributed by atoms with Crippen LogP contribution in [0.1, 0.15) is 49.7 Å². The van der Waals surface area contributed by atoms with Crippen LogP contribution < -0.4 is 0 Å². The first-order chi connectivity index (χ1) is 13.2. The van der Waals surface area contributed by atoms with Crippen molar-refractivity contribution in [3.05, 3.63) is 47.9 Å². The van der Waals surface area contributed by atoms with Crippen LogP contribution in [0.15, 0.2) is 36.7 Å². The average molecular weight is 381 g/mol. The molecule has 0 saturated carbocycles. The van der Waals surface area contributed by atoms with Gasteiger partial charge < -0.3 is 10.0 Å². The smallest absolute Gasteiger partial charge is 0.335 e. The molecule has 0 spiro atoms. The molecule has 0 atom stereocenters. The molecule has 0 aliphatic carbocycles. The molecule has 0 bridgehead atoms. The van der Waals surface area contributed by atoms with E-state index in [2.05, 4.69) is 4.98 Å². The summed E-state index contributed by atoms with van der Waals surface area (Å²) in [7, 11) is 0. The lowest BCUT2D eigenvalue weighted by Gasteiger charge is -2.35. The Balaban J connectivity index is 1.65. The second kappa shape index (κ2) is 8.09. The maximum Gasteiger partial charge on any atom is 0.335 e. The van der Waals surface area contributed by atoms with Crippen molar-refractivity contribution >= 4 is 11.9 Å². The van der Waals surface area contributed by atoms with Crippen molar-refractivity contribution in [3.63, 3.8) is 0 Å². The highest BCUT2D eigenvalue weighted by atomic mass is 16.4. The molecule has 6 heteroatoms. The van der Waals surface area contributed by atoms with Crippen LogP contribution in [0.2, 0.25) is 0 Å². The summed E-state index contributed by atoms with van der Waals surface area (Å²) in [6.07, 6.45) is 6.17. The first kappa shape index (κ1) is 20.0. The molecule has 1 aromatic heterocycles. The van der Waals surface area contributed by atoms with Gasteiger partial charge in [-0.3, -0.25) is 9.78 Å². The lowest BCUT2D eigenvalue weighted by molar-refractivity contribution is -0.140. The number of carbonyl (C=O) groups excluding carboxylic acids is 1. The van der Waals surface area contributed by atoms with Crippen molar-refractivity contribution in [2.45, 2.75) is 40.0 Å². The standard InChI is InChI=1S/C22H27N3O3/c1-22(2,3)21(28)25-9-7-15(8-10-25)11-18-13-23-14-19(24-18)16-5-4-6-17(12-16)20(26)27/h4-6,12-15H,7-11H2,1-3H3,(H,26,27). The van der Waals surface area contributed by atoms with Crippen molar-refractivity contribution < 1.29 is 14.7 Å². The van der Waals surface area contributed by atoms with Crippen LogP contribution in [0.25, 0.3) is 11.3 Å². The quantitative estimate of drug-likeness (QED) is 0.874. The molecule has 0 unspecified atom stereocenters. The molecule has 1 fully saturated rings. The van der Waals surface area contributed by atoms with Gasteiger partial charge in [0.15, 0.2) is 0 Å². The largest absolute Gasteiger partial charge is 0.478 e. The SMILES string of the molecule is CC(C)(C)C(=O)N1CCC(Cc2cncc(-c3cccc(C(=O)O)c3)n2)CC1. The van der Waals surface area contributed by atoms with E-state index in [1.54, 1.807) is 30.6 Å². The Labute approximate surface area is 165 Å². The van der Waals surface area contributed by atoms with E-state index in [1.165, 1.54) is 0 Å². The van der Waals surface area contributed by atoms with E-state index >= 15 is 0 Å².